The Morgan fingerprint density at radius 2 is 2.14 bits per heavy atom. The topological polar surface area (TPSA) is 68.5 Å². The predicted octanol–water partition coefficient (Wildman–Crippen LogP) is 2.73. The summed E-state index contributed by atoms with van der Waals surface area (Å²) in [7, 11) is 0. The Bertz CT molecular complexity index is 750. The van der Waals surface area contributed by atoms with Crippen LogP contribution in [-0.2, 0) is 4.74 Å². The van der Waals surface area contributed by atoms with Gasteiger partial charge in [0.15, 0.2) is 0 Å². The number of hydrogen-bond donors (Lipinski definition) is 1. The Morgan fingerprint density at radius 1 is 1.41 bits per heavy atom. The van der Waals surface area contributed by atoms with Crippen molar-refractivity contribution >= 4 is 39.5 Å². The number of aromatic nitrogens is 1. The molecule has 0 aliphatic rings. The molecule has 0 spiro atoms. The molecular weight excluding hydrogens is 397 g/mol. The van der Waals surface area contributed by atoms with E-state index in [2.05, 4.69) is 22.6 Å². The van der Waals surface area contributed by atoms with Gasteiger partial charge in [-0.05, 0) is 54.1 Å². The average Bonchev–Trinajstić information content (AvgIpc) is 2.51. The van der Waals surface area contributed by atoms with Crippen molar-refractivity contribution in [2.45, 2.75) is 26.3 Å². The van der Waals surface area contributed by atoms with Gasteiger partial charge >= 0.3 is 5.97 Å². The van der Waals surface area contributed by atoms with Crippen LogP contribution in [0.15, 0.2) is 29.2 Å². The molecule has 1 heterocycles. The van der Waals surface area contributed by atoms with Gasteiger partial charge in [0.1, 0.15) is 5.56 Å². The largest absolute Gasteiger partial charge is 0.462 e. The molecule has 5 nitrogen and oxygen atoms in total. The van der Waals surface area contributed by atoms with E-state index in [1.165, 1.54) is 6.20 Å². The minimum absolute atomic E-state index is 0.00301. The second-order valence-electron chi connectivity index (χ2n) is 4.91. The number of rotatable bonds is 5. The van der Waals surface area contributed by atoms with E-state index in [0.29, 0.717) is 17.3 Å². The number of aliphatic hydroxyl groups is 1. The lowest BCUT2D eigenvalue weighted by Gasteiger charge is -2.20. The first-order chi connectivity index (χ1) is 10.5. The highest BCUT2D eigenvalue weighted by molar-refractivity contribution is 14.1. The summed E-state index contributed by atoms with van der Waals surface area (Å²) in [4.78, 5) is 24.6. The minimum Gasteiger partial charge on any atom is -0.462 e. The number of carbonyl (C=O) groups excluding carboxylic acids is 1. The summed E-state index contributed by atoms with van der Waals surface area (Å²) in [6.07, 6.45) is 2.18. The van der Waals surface area contributed by atoms with E-state index < -0.39 is 5.97 Å². The number of carbonyl (C=O) groups is 1. The Hall–Kier alpha value is -1.41. The standard InChI is InChI=1S/C16H18INO4/c1-3-11(9-19)18-8-13(16(21)22-4-2)15(20)12-7-10(17)5-6-14(12)18/h5-8,11,19H,3-4,9H2,1-2H3. The molecule has 6 heteroatoms. The van der Waals surface area contributed by atoms with Gasteiger partial charge in [-0.25, -0.2) is 4.79 Å². The van der Waals surface area contributed by atoms with Crippen LogP contribution in [-0.4, -0.2) is 28.9 Å². The molecule has 0 aliphatic heterocycles. The number of hydrogen-bond acceptors (Lipinski definition) is 4. The van der Waals surface area contributed by atoms with Crippen molar-refractivity contribution in [3.05, 3.63) is 43.8 Å². The maximum atomic E-state index is 12.6. The molecule has 1 aromatic heterocycles. The predicted molar refractivity (Wildman–Crippen MR) is 93.3 cm³/mol. The third-order valence-corrected chi connectivity index (χ3v) is 4.24. The number of esters is 1. The molecule has 0 fully saturated rings. The van der Waals surface area contributed by atoms with E-state index in [1.807, 2.05) is 19.1 Å². The second-order valence-corrected chi connectivity index (χ2v) is 6.15. The average molecular weight is 415 g/mol. The Labute approximate surface area is 142 Å². The summed E-state index contributed by atoms with van der Waals surface area (Å²) >= 11 is 2.12. The summed E-state index contributed by atoms with van der Waals surface area (Å²) in [5, 5.41) is 10.0. The summed E-state index contributed by atoms with van der Waals surface area (Å²) in [5.41, 5.74) is 0.374. The normalized spacial score (nSPS) is 12.4. The van der Waals surface area contributed by atoms with Crippen LogP contribution in [0.5, 0.6) is 0 Å². The summed E-state index contributed by atoms with van der Waals surface area (Å²) in [6.45, 7) is 3.78. The Morgan fingerprint density at radius 3 is 2.73 bits per heavy atom. The molecular formula is C16H18INO4. The van der Waals surface area contributed by atoms with Crippen molar-refractivity contribution in [2.24, 2.45) is 0 Å². The van der Waals surface area contributed by atoms with Gasteiger partial charge in [0.2, 0.25) is 5.43 Å². The van der Waals surface area contributed by atoms with Gasteiger partial charge in [0.05, 0.1) is 24.8 Å². The number of benzene rings is 1. The van der Waals surface area contributed by atoms with Crippen LogP contribution in [0.25, 0.3) is 10.9 Å². The van der Waals surface area contributed by atoms with E-state index >= 15 is 0 Å². The van der Waals surface area contributed by atoms with Gasteiger partial charge in [-0.2, -0.15) is 0 Å². The van der Waals surface area contributed by atoms with Gasteiger partial charge in [-0.3, -0.25) is 4.79 Å². The van der Waals surface area contributed by atoms with Crippen LogP contribution in [0.2, 0.25) is 0 Å². The highest BCUT2D eigenvalue weighted by atomic mass is 127. The van der Waals surface area contributed by atoms with E-state index in [0.717, 1.165) is 3.57 Å². The third-order valence-electron chi connectivity index (χ3n) is 3.56. The first-order valence-corrected chi connectivity index (χ1v) is 8.23. The zero-order chi connectivity index (χ0) is 16.3. The number of fused-ring (bicyclic) bond motifs is 1. The van der Waals surface area contributed by atoms with Crippen LogP contribution >= 0.6 is 22.6 Å². The zero-order valence-corrected chi connectivity index (χ0v) is 14.7. The van der Waals surface area contributed by atoms with Crippen molar-refractivity contribution in [3.63, 3.8) is 0 Å². The Balaban J connectivity index is 2.80. The summed E-state index contributed by atoms with van der Waals surface area (Å²) in [5.74, 6) is -0.630. The number of pyridine rings is 1. The molecule has 0 saturated carbocycles. The number of nitrogens with zero attached hydrogens (tertiary/aromatic N) is 1. The van der Waals surface area contributed by atoms with E-state index in [1.54, 1.807) is 17.6 Å². The smallest absolute Gasteiger partial charge is 0.343 e. The molecule has 0 amide bonds. The van der Waals surface area contributed by atoms with Crippen LogP contribution in [0.1, 0.15) is 36.7 Å². The monoisotopic (exact) mass is 415 g/mol. The molecule has 2 rings (SSSR count). The fraction of sp³-hybridized carbons (Fsp3) is 0.375. The van der Waals surface area contributed by atoms with Gasteiger partial charge < -0.3 is 14.4 Å². The summed E-state index contributed by atoms with van der Waals surface area (Å²) < 4.78 is 7.67. The van der Waals surface area contributed by atoms with Crippen molar-refractivity contribution in [1.29, 1.82) is 0 Å². The van der Waals surface area contributed by atoms with E-state index in [-0.39, 0.29) is 30.2 Å². The molecule has 0 saturated heterocycles. The van der Waals surface area contributed by atoms with Crippen molar-refractivity contribution in [3.8, 4) is 0 Å². The fourth-order valence-corrected chi connectivity index (χ4v) is 2.89. The van der Waals surface area contributed by atoms with Gasteiger partial charge in [0, 0.05) is 15.2 Å². The second kappa shape index (κ2) is 7.23. The van der Waals surface area contributed by atoms with Crippen LogP contribution < -0.4 is 5.43 Å². The maximum absolute atomic E-state index is 12.6. The van der Waals surface area contributed by atoms with Crippen molar-refractivity contribution < 1.29 is 14.6 Å². The van der Waals surface area contributed by atoms with Crippen LogP contribution in [0.4, 0.5) is 0 Å². The molecule has 0 radical (unpaired) electrons. The SMILES string of the molecule is CCOC(=O)c1cn(C(CC)CO)c2ccc(I)cc2c1=O. The third kappa shape index (κ3) is 3.17. The first-order valence-electron chi connectivity index (χ1n) is 7.15. The highest BCUT2D eigenvalue weighted by Gasteiger charge is 2.19. The van der Waals surface area contributed by atoms with Gasteiger partial charge in [-0.1, -0.05) is 6.92 Å². The fourth-order valence-electron chi connectivity index (χ4n) is 2.40. The molecule has 1 unspecified atom stereocenters. The maximum Gasteiger partial charge on any atom is 0.343 e. The number of ether oxygens (including phenoxy) is 1. The minimum atomic E-state index is -0.630. The molecule has 118 valence electrons. The molecule has 22 heavy (non-hydrogen) atoms. The van der Waals surface area contributed by atoms with Gasteiger partial charge in [-0.15, -0.1) is 0 Å². The lowest BCUT2D eigenvalue weighted by molar-refractivity contribution is 0.0523. The van der Waals surface area contributed by atoms with Gasteiger partial charge in [0.25, 0.3) is 0 Å². The molecule has 1 aromatic carbocycles. The van der Waals surface area contributed by atoms with Crippen LogP contribution in [0, 0.1) is 3.57 Å². The molecule has 1 N–H and O–H groups in total. The van der Waals surface area contributed by atoms with Crippen molar-refractivity contribution in [2.75, 3.05) is 13.2 Å². The molecule has 2 aromatic rings. The molecule has 0 bridgehead atoms. The van der Waals surface area contributed by atoms with Crippen LogP contribution in [0.3, 0.4) is 0 Å². The first kappa shape index (κ1) is 17.0. The lowest BCUT2D eigenvalue weighted by atomic mass is 10.1. The zero-order valence-electron chi connectivity index (χ0n) is 12.5. The highest BCUT2D eigenvalue weighted by Crippen LogP contribution is 2.21. The number of halogens is 1. The summed E-state index contributed by atoms with van der Waals surface area (Å²) in [6, 6.07) is 5.29. The quantitative estimate of drug-likeness (QED) is 0.603. The molecule has 1 atom stereocenters. The van der Waals surface area contributed by atoms with E-state index in [9.17, 15) is 14.7 Å². The van der Waals surface area contributed by atoms with Crippen molar-refractivity contribution in [1.82, 2.24) is 4.57 Å². The Kier molecular flexibility index (Phi) is 5.57. The number of aliphatic hydroxyl groups excluding tert-OH is 1. The van der Waals surface area contributed by atoms with E-state index in [4.69, 9.17) is 4.74 Å². The lowest BCUT2D eigenvalue weighted by Crippen LogP contribution is -2.23. The molecule has 0 aliphatic carbocycles.